The van der Waals surface area contributed by atoms with Crippen LogP contribution in [0.3, 0.4) is 0 Å². The topological polar surface area (TPSA) is 38.1 Å². The van der Waals surface area contributed by atoms with Crippen molar-refractivity contribution in [3.05, 3.63) is 41.9 Å². The lowest BCUT2D eigenvalue weighted by Gasteiger charge is -2.09. The van der Waals surface area contributed by atoms with E-state index in [0.29, 0.717) is 6.04 Å². The quantitative estimate of drug-likeness (QED) is 0.877. The fraction of sp³-hybridized carbons (Fsp3) is 0.400. The van der Waals surface area contributed by atoms with Gasteiger partial charge >= 0.3 is 0 Å². The fourth-order valence-electron chi connectivity index (χ4n) is 2.05. The van der Waals surface area contributed by atoms with E-state index in [1.165, 1.54) is 0 Å². The molecule has 2 rings (SSSR count). The molecule has 0 aliphatic carbocycles. The Balaban J connectivity index is 2.10. The van der Waals surface area contributed by atoms with Gasteiger partial charge in [-0.05, 0) is 44.2 Å². The highest BCUT2D eigenvalue weighted by Crippen LogP contribution is 2.22. The third kappa shape index (κ3) is 3.20. The Kier molecular flexibility index (Phi) is 4.15. The van der Waals surface area contributed by atoms with E-state index < -0.39 is 0 Å². The van der Waals surface area contributed by atoms with Crippen molar-refractivity contribution in [2.24, 2.45) is 0 Å². The van der Waals surface area contributed by atoms with E-state index >= 15 is 0 Å². The Labute approximate surface area is 108 Å². The SMILES string of the molecule is CCNC(C)Cc1ccc(-c2cncc(C)c2)o1. The highest BCUT2D eigenvalue weighted by molar-refractivity contribution is 5.56. The van der Waals surface area contributed by atoms with E-state index in [-0.39, 0.29) is 0 Å². The van der Waals surface area contributed by atoms with Crippen molar-refractivity contribution < 1.29 is 4.42 Å². The molecule has 0 fully saturated rings. The summed E-state index contributed by atoms with van der Waals surface area (Å²) in [5, 5.41) is 3.38. The summed E-state index contributed by atoms with van der Waals surface area (Å²) in [7, 11) is 0. The van der Waals surface area contributed by atoms with Gasteiger partial charge in [0.15, 0.2) is 0 Å². The Morgan fingerprint density at radius 2 is 2.17 bits per heavy atom. The molecule has 0 bridgehead atoms. The third-order valence-corrected chi connectivity index (χ3v) is 2.88. The molecule has 0 radical (unpaired) electrons. The number of furan rings is 1. The largest absolute Gasteiger partial charge is 0.461 e. The van der Waals surface area contributed by atoms with Gasteiger partial charge in [0, 0.05) is 30.4 Å². The smallest absolute Gasteiger partial charge is 0.135 e. The Hall–Kier alpha value is -1.61. The Morgan fingerprint density at radius 1 is 1.33 bits per heavy atom. The highest BCUT2D eigenvalue weighted by Gasteiger charge is 2.08. The van der Waals surface area contributed by atoms with Gasteiger partial charge in [-0.2, -0.15) is 0 Å². The molecule has 0 amide bonds. The van der Waals surface area contributed by atoms with Gasteiger partial charge in [-0.25, -0.2) is 0 Å². The summed E-state index contributed by atoms with van der Waals surface area (Å²) in [4.78, 5) is 4.19. The lowest BCUT2D eigenvalue weighted by Crippen LogP contribution is -2.27. The van der Waals surface area contributed by atoms with Gasteiger partial charge < -0.3 is 9.73 Å². The average Bonchev–Trinajstić information content (AvgIpc) is 2.78. The fourth-order valence-corrected chi connectivity index (χ4v) is 2.05. The molecule has 0 saturated heterocycles. The van der Waals surface area contributed by atoms with E-state index in [9.17, 15) is 0 Å². The Morgan fingerprint density at radius 3 is 2.89 bits per heavy atom. The first-order chi connectivity index (χ1) is 8.69. The van der Waals surface area contributed by atoms with Crippen LogP contribution in [0.4, 0.5) is 0 Å². The molecule has 1 unspecified atom stereocenters. The summed E-state index contributed by atoms with van der Waals surface area (Å²) in [6, 6.07) is 6.59. The van der Waals surface area contributed by atoms with Gasteiger partial charge in [0.25, 0.3) is 0 Å². The first-order valence-electron chi connectivity index (χ1n) is 6.43. The Bertz CT molecular complexity index is 505. The lowest BCUT2D eigenvalue weighted by atomic mass is 10.2. The summed E-state index contributed by atoms with van der Waals surface area (Å²) in [5.74, 6) is 1.91. The molecule has 3 heteroatoms. The second-order valence-electron chi connectivity index (χ2n) is 4.68. The molecule has 1 atom stereocenters. The van der Waals surface area contributed by atoms with Crippen LogP contribution >= 0.6 is 0 Å². The molecule has 2 aromatic rings. The van der Waals surface area contributed by atoms with E-state index in [2.05, 4.69) is 30.2 Å². The molecule has 0 saturated carbocycles. The van der Waals surface area contributed by atoms with E-state index in [1.54, 1.807) is 0 Å². The van der Waals surface area contributed by atoms with Crippen LogP contribution in [0.5, 0.6) is 0 Å². The molecular formula is C15H20N2O. The number of aromatic nitrogens is 1. The minimum absolute atomic E-state index is 0.435. The van der Waals surface area contributed by atoms with Crippen molar-refractivity contribution in [3.63, 3.8) is 0 Å². The van der Waals surface area contributed by atoms with Crippen molar-refractivity contribution in [1.82, 2.24) is 10.3 Å². The van der Waals surface area contributed by atoms with Gasteiger partial charge in [0.1, 0.15) is 11.5 Å². The number of likely N-dealkylation sites (N-methyl/N-ethyl adjacent to an activating group) is 1. The molecule has 0 spiro atoms. The molecule has 3 nitrogen and oxygen atoms in total. The maximum absolute atomic E-state index is 5.86. The van der Waals surface area contributed by atoms with E-state index in [4.69, 9.17) is 4.42 Å². The van der Waals surface area contributed by atoms with Crippen LogP contribution in [0, 0.1) is 6.92 Å². The van der Waals surface area contributed by atoms with Gasteiger partial charge in [0.2, 0.25) is 0 Å². The standard InChI is InChI=1S/C15H20N2O/c1-4-17-12(3)8-14-5-6-15(18-14)13-7-11(2)9-16-10-13/h5-7,9-10,12,17H,4,8H2,1-3H3. The van der Waals surface area contributed by atoms with Gasteiger partial charge in [-0.15, -0.1) is 0 Å². The molecule has 0 aromatic carbocycles. The number of pyridine rings is 1. The van der Waals surface area contributed by atoms with Crippen molar-refractivity contribution in [3.8, 4) is 11.3 Å². The van der Waals surface area contributed by atoms with Crippen LogP contribution in [0.1, 0.15) is 25.2 Å². The van der Waals surface area contributed by atoms with Crippen LogP contribution in [0.25, 0.3) is 11.3 Å². The number of nitrogens with zero attached hydrogens (tertiary/aromatic N) is 1. The van der Waals surface area contributed by atoms with Crippen LogP contribution in [0.2, 0.25) is 0 Å². The summed E-state index contributed by atoms with van der Waals surface area (Å²) in [6.45, 7) is 7.30. The van der Waals surface area contributed by atoms with Crippen molar-refractivity contribution in [2.75, 3.05) is 6.54 Å². The maximum Gasteiger partial charge on any atom is 0.135 e. The zero-order chi connectivity index (χ0) is 13.0. The van der Waals surface area contributed by atoms with Gasteiger partial charge in [0.05, 0.1) is 0 Å². The van der Waals surface area contributed by atoms with Crippen molar-refractivity contribution in [1.29, 1.82) is 0 Å². The lowest BCUT2D eigenvalue weighted by molar-refractivity contribution is 0.470. The molecule has 2 heterocycles. The van der Waals surface area contributed by atoms with Crippen LogP contribution in [-0.4, -0.2) is 17.6 Å². The maximum atomic E-state index is 5.86. The second-order valence-corrected chi connectivity index (χ2v) is 4.68. The third-order valence-electron chi connectivity index (χ3n) is 2.88. The zero-order valence-corrected chi connectivity index (χ0v) is 11.2. The predicted octanol–water partition coefficient (Wildman–Crippen LogP) is 3.19. The highest BCUT2D eigenvalue weighted by atomic mass is 16.3. The van der Waals surface area contributed by atoms with Crippen LogP contribution < -0.4 is 5.32 Å². The number of nitrogens with one attached hydrogen (secondary N) is 1. The number of rotatable bonds is 5. The minimum atomic E-state index is 0.435. The van der Waals surface area contributed by atoms with Gasteiger partial charge in [-0.1, -0.05) is 6.92 Å². The monoisotopic (exact) mass is 244 g/mol. The molecule has 0 aliphatic rings. The van der Waals surface area contributed by atoms with Crippen molar-refractivity contribution >= 4 is 0 Å². The van der Waals surface area contributed by atoms with Crippen molar-refractivity contribution in [2.45, 2.75) is 33.2 Å². The molecule has 1 N–H and O–H groups in total. The summed E-state index contributed by atoms with van der Waals surface area (Å²) >= 11 is 0. The first-order valence-corrected chi connectivity index (χ1v) is 6.43. The van der Waals surface area contributed by atoms with Crippen LogP contribution in [0.15, 0.2) is 35.0 Å². The number of hydrogen-bond donors (Lipinski definition) is 1. The summed E-state index contributed by atoms with van der Waals surface area (Å²) in [6.07, 6.45) is 4.59. The molecule has 0 aliphatic heterocycles. The molecule has 18 heavy (non-hydrogen) atoms. The van der Waals surface area contributed by atoms with Gasteiger partial charge in [-0.3, -0.25) is 4.98 Å². The second kappa shape index (κ2) is 5.83. The molecule has 2 aromatic heterocycles. The van der Waals surface area contributed by atoms with E-state index in [1.807, 2.05) is 31.5 Å². The molecule has 96 valence electrons. The summed E-state index contributed by atoms with van der Waals surface area (Å²) in [5.41, 5.74) is 2.18. The predicted molar refractivity (Wildman–Crippen MR) is 73.5 cm³/mol. The number of hydrogen-bond acceptors (Lipinski definition) is 3. The minimum Gasteiger partial charge on any atom is -0.461 e. The first kappa shape index (κ1) is 12.8. The van der Waals surface area contributed by atoms with E-state index in [0.717, 1.165) is 35.6 Å². The summed E-state index contributed by atoms with van der Waals surface area (Å²) < 4.78 is 5.86. The average molecular weight is 244 g/mol. The zero-order valence-electron chi connectivity index (χ0n) is 11.2. The molecular weight excluding hydrogens is 224 g/mol. The normalized spacial score (nSPS) is 12.6. The van der Waals surface area contributed by atoms with Crippen LogP contribution in [-0.2, 0) is 6.42 Å². The number of aryl methyl sites for hydroxylation is 1.